The Morgan fingerprint density at radius 3 is 2.50 bits per heavy atom. The smallest absolute Gasteiger partial charge is 0.125 e. The molecule has 0 aliphatic carbocycles. The van der Waals surface area contributed by atoms with Crippen molar-refractivity contribution in [1.82, 2.24) is 10.3 Å². The van der Waals surface area contributed by atoms with Gasteiger partial charge in [-0.1, -0.05) is 20.8 Å². The zero-order chi connectivity index (χ0) is 13.6. The van der Waals surface area contributed by atoms with Crippen LogP contribution in [-0.4, -0.2) is 18.1 Å². The molecule has 1 atom stereocenters. The average Bonchev–Trinajstić information content (AvgIpc) is 2.80. The summed E-state index contributed by atoms with van der Waals surface area (Å²) >= 11 is 1.80. The normalized spacial score (nSPS) is 14.7. The van der Waals surface area contributed by atoms with Crippen molar-refractivity contribution in [3.8, 4) is 0 Å². The maximum atomic E-state index is 5.91. The molecule has 0 fully saturated rings. The van der Waals surface area contributed by atoms with Crippen LogP contribution in [-0.2, 0) is 23.3 Å². The molecule has 1 N–H and O–H groups in total. The summed E-state index contributed by atoms with van der Waals surface area (Å²) in [5.41, 5.74) is 0.990. The van der Waals surface area contributed by atoms with Crippen LogP contribution in [0.25, 0.3) is 0 Å². The number of ether oxygens (including phenoxy) is 1. The molecule has 0 aromatic carbocycles. The molecule has 18 heavy (non-hydrogen) atoms. The van der Waals surface area contributed by atoms with Gasteiger partial charge in [-0.05, 0) is 33.2 Å². The molecule has 3 nitrogen and oxygen atoms in total. The minimum Gasteiger partial charge on any atom is -0.368 e. The highest BCUT2D eigenvalue weighted by atomic mass is 32.1. The van der Waals surface area contributed by atoms with Gasteiger partial charge in [0.25, 0.3) is 0 Å². The molecule has 1 heterocycles. The van der Waals surface area contributed by atoms with Gasteiger partial charge >= 0.3 is 0 Å². The molecule has 0 aliphatic heterocycles. The van der Waals surface area contributed by atoms with E-state index in [0.717, 1.165) is 37.5 Å². The van der Waals surface area contributed by atoms with Gasteiger partial charge in [-0.3, -0.25) is 0 Å². The zero-order valence-corrected chi connectivity index (χ0v) is 13.1. The van der Waals surface area contributed by atoms with Gasteiger partial charge in [0.2, 0.25) is 0 Å². The third-order valence-electron chi connectivity index (χ3n) is 3.24. The second kappa shape index (κ2) is 7.22. The Morgan fingerprint density at radius 1 is 1.28 bits per heavy atom. The summed E-state index contributed by atoms with van der Waals surface area (Å²) in [7, 11) is 0. The zero-order valence-electron chi connectivity index (χ0n) is 12.3. The van der Waals surface area contributed by atoms with Gasteiger partial charge in [-0.15, -0.1) is 11.3 Å². The SMILES string of the molecule is CCNCc1sc(C(C)(CC)OCC)nc1CC. The lowest BCUT2D eigenvalue weighted by Gasteiger charge is -2.25. The van der Waals surface area contributed by atoms with E-state index in [4.69, 9.17) is 9.72 Å². The third-order valence-corrected chi connectivity index (χ3v) is 4.58. The first-order valence-electron chi connectivity index (χ1n) is 6.94. The van der Waals surface area contributed by atoms with Crippen LogP contribution in [0.15, 0.2) is 0 Å². The lowest BCUT2D eigenvalue weighted by atomic mass is 10.0. The largest absolute Gasteiger partial charge is 0.368 e. The minimum atomic E-state index is -0.228. The summed E-state index contributed by atoms with van der Waals surface area (Å²) in [6.45, 7) is 13.3. The highest BCUT2D eigenvalue weighted by Gasteiger charge is 2.29. The maximum Gasteiger partial charge on any atom is 0.125 e. The topological polar surface area (TPSA) is 34.1 Å². The Labute approximate surface area is 115 Å². The lowest BCUT2D eigenvalue weighted by molar-refractivity contribution is -0.0325. The van der Waals surface area contributed by atoms with Crippen molar-refractivity contribution >= 4 is 11.3 Å². The molecule has 0 amide bonds. The molecular weight excluding hydrogens is 244 g/mol. The van der Waals surface area contributed by atoms with Crippen molar-refractivity contribution in [3.05, 3.63) is 15.6 Å². The Morgan fingerprint density at radius 2 is 2.00 bits per heavy atom. The summed E-state index contributed by atoms with van der Waals surface area (Å²) in [5, 5.41) is 4.51. The van der Waals surface area contributed by atoms with Gasteiger partial charge in [0.15, 0.2) is 0 Å². The van der Waals surface area contributed by atoms with Crippen LogP contribution in [0, 0.1) is 0 Å². The molecule has 0 bridgehead atoms. The summed E-state index contributed by atoms with van der Waals surface area (Å²) < 4.78 is 5.91. The Balaban J connectivity index is 2.98. The van der Waals surface area contributed by atoms with Crippen molar-refractivity contribution < 1.29 is 4.74 Å². The van der Waals surface area contributed by atoms with E-state index in [1.165, 1.54) is 10.6 Å². The van der Waals surface area contributed by atoms with E-state index in [0.29, 0.717) is 0 Å². The van der Waals surface area contributed by atoms with Crippen LogP contribution in [0.1, 0.15) is 56.6 Å². The summed E-state index contributed by atoms with van der Waals surface area (Å²) in [4.78, 5) is 6.15. The Kier molecular flexibility index (Phi) is 6.26. The first-order valence-corrected chi connectivity index (χ1v) is 7.76. The van der Waals surface area contributed by atoms with E-state index in [1.54, 1.807) is 11.3 Å². The number of hydrogen-bond acceptors (Lipinski definition) is 4. The van der Waals surface area contributed by atoms with Crippen molar-refractivity contribution in [2.45, 2.75) is 59.6 Å². The van der Waals surface area contributed by atoms with E-state index in [-0.39, 0.29) is 5.60 Å². The molecular formula is C14H26N2OS. The molecule has 1 aromatic heterocycles. The fourth-order valence-corrected chi connectivity index (χ4v) is 3.19. The second-order valence-corrected chi connectivity index (χ2v) is 5.62. The number of nitrogens with one attached hydrogen (secondary N) is 1. The lowest BCUT2D eigenvalue weighted by Crippen LogP contribution is -2.24. The van der Waals surface area contributed by atoms with Crippen LogP contribution in [0.3, 0.4) is 0 Å². The molecule has 1 rings (SSSR count). The van der Waals surface area contributed by atoms with Crippen LogP contribution < -0.4 is 5.32 Å². The summed E-state index contributed by atoms with van der Waals surface area (Å²) in [6.07, 6.45) is 1.95. The summed E-state index contributed by atoms with van der Waals surface area (Å²) in [5.74, 6) is 0. The molecule has 104 valence electrons. The predicted molar refractivity (Wildman–Crippen MR) is 78.1 cm³/mol. The second-order valence-electron chi connectivity index (χ2n) is 4.54. The highest BCUT2D eigenvalue weighted by molar-refractivity contribution is 7.11. The first kappa shape index (κ1) is 15.6. The molecule has 1 aromatic rings. The van der Waals surface area contributed by atoms with Gasteiger partial charge in [0.05, 0.1) is 5.69 Å². The van der Waals surface area contributed by atoms with E-state index < -0.39 is 0 Å². The number of thiazole rings is 1. The van der Waals surface area contributed by atoms with E-state index in [2.05, 4.69) is 33.0 Å². The molecule has 4 heteroatoms. The fraction of sp³-hybridized carbons (Fsp3) is 0.786. The van der Waals surface area contributed by atoms with Crippen LogP contribution >= 0.6 is 11.3 Å². The number of nitrogens with zero attached hydrogens (tertiary/aromatic N) is 1. The van der Waals surface area contributed by atoms with Crippen molar-refractivity contribution in [3.63, 3.8) is 0 Å². The van der Waals surface area contributed by atoms with Gasteiger partial charge in [-0.2, -0.15) is 0 Å². The van der Waals surface area contributed by atoms with Gasteiger partial charge in [0, 0.05) is 18.0 Å². The molecule has 0 saturated carbocycles. The van der Waals surface area contributed by atoms with Crippen molar-refractivity contribution in [2.75, 3.05) is 13.2 Å². The fourth-order valence-electron chi connectivity index (χ4n) is 1.90. The quantitative estimate of drug-likeness (QED) is 0.785. The number of hydrogen-bond donors (Lipinski definition) is 1. The minimum absolute atomic E-state index is 0.228. The van der Waals surface area contributed by atoms with Gasteiger partial charge in [0.1, 0.15) is 10.6 Å². The molecule has 0 radical (unpaired) electrons. The van der Waals surface area contributed by atoms with E-state index >= 15 is 0 Å². The maximum absolute atomic E-state index is 5.91. The van der Waals surface area contributed by atoms with E-state index in [1.807, 2.05) is 6.92 Å². The molecule has 0 spiro atoms. The average molecular weight is 270 g/mol. The Hall–Kier alpha value is -0.450. The number of rotatable bonds is 8. The van der Waals surface area contributed by atoms with E-state index in [9.17, 15) is 0 Å². The molecule has 1 unspecified atom stereocenters. The van der Waals surface area contributed by atoms with Gasteiger partial charge in [-0.25, -0.2) is 4.98 Å². The van der Waals surface area contributed by atoms with Crippen LogP contribution in [0.2, 0.25) is 0 Å². The van der Waals surface area contributed by atoms with Crippen molar-refractivity contribution in [1.29, 1.82) is 0 Å². The Bertz CT molecular complexity index is 365. The summed E-state index contributed by atoms with van der Waals surface area (Å²) in [6, 6.07) is 0. The monoisotopic (exact) mass is 270 g/mol. The van der Waals surface area contributed by atoms with Crippen LogP contribution in [0.5, 0.6) is 0 Å². The van der Waals surface area contributed by atoms with Crippen LogP contribution in [0.4, 0.5) is 0 Å². The first-order chi connectivity index (χ1) is 8.61. The van der Waals surface area contributed by atoms with Gasteiger partial charge < -0.3 is 10.1 Å². The van der Waals surface area contributed by atoms with Crippen molar-refractivity contribution in [2.24, 2.45) is 0 Å². The standard InChI is InChI=1S/C14H26N2OS/c1-6-11-12(10-15-8-3)18-13(16-11)14(5,7-2)17-9-4/h15H,6-10H2,1-5H3. The molecule has 0 saturated heterocycles. The highest BCUT2D eigenvalue weighted by Crippen LogP contribution is 2.34. The molecule has 0 aliphatic rings. The predicted octanol–water partition coefficient (Wildman–Crippen LogP) is 3.48. The third kappa shape index (κ3) is 3.53. The number of aryl methyl sites for hydroxylation is 1. The number of aromatic nitrogens is 1.